The van der Waals surface area contributed by atoms with E-state index in [9.17, 15) is 10.2 Å². The third-order valence-electron chi connectivity index (χ3n) is 5.17. The molecule has 19 heavy (non-hydrogen) atoms. The Morgan fingerprint density at radius 2 is 1.84 bits per heavy atom. The van der Waals surface area contributed by atoms with Gasteiger partial charge in [-0.25, -0.2) is 0 Å². The first kappa shape index (κ1) is 17.1. The van der Waals surface area contributed by atoms with Gasteiger partial charge in [0.2, 0.25) is 0 Å². The maximum absolute atomic E-state index is 9.92. The minimum atomic E-state index is -1.80. The number of aliphatic hydroxyl groups is 2. The van der Waals surface area contributed by atoms with E-state index in [0.29, 0.717) is 6.42 Å². The molecule has 1 unspecified atom stereocenters. The van der Waals surface area contributed by atoms with Crippen LogP contribution in [-0.4, -0.2) is 37.3 Å². The summed E-state index contributed by atoms with van der Waals surface area (Å²) in [5.41, 5.74) is -0.0953. The molecular formula is C15H32O3Si. The predicted octanol–water partition coefficient (Wildman–Crippen LogP) is 3.31. The van der Waals surface area contributed by atoms with Gasteiger partial charge >= 0.3 is 0 Å². The molecule has 1 fully saturated rings. The van der Waals surface area contributed by atoms with E-state index < -0.39 is 8.32 Å². The lowest BCUT2D eigenvalue weighted by atomic mass is 9.70. The van der Waals surface area contributed by atoms with Crippen molar-refractivity contribution in [2.75, 3.05) is 6.61 Å². The van der Waals surface area contributed by atoms with E-state index in [1.165, 1.54) is 0 Å². The molecule has 2 N–H and O–H groups in total. The highest BCUT2D eigenvalue weighted by Crippen LogP contribution is 2.45. The molecule has 0 radical (unpaired) electrons. The van der Waals surface area contributed by atoms with E-state index in [4.69, 9.17) is 4.43 Å². The molecule has 0 saturated heterocycles. The van der Waals surface area contributed by atoms with E-state index >= 15 is 0 Å². The molecule has 4 heteroatoms. The summed E-state index contributed by atoms with van der Waals surface area (Å²) in [4.78, 5) is 0. The number of hydrogen-bond donors (Lipinski definition) is 2. The van der Waals surface area contributed by atoms with Crippen molar-refractivity contribution in [1.29, 1.82) is 0 Å². The summed E-state index contributed by atoms with van der Waals surface area (Å²) >= 11 is 0. The quantitative estimate of drug-likeness (QED) is 0.780. The van der Waals surface area contributed by atoms with E-state index in [0.717, 1.165) is 19.3 Å². The molecule has 0 bridgehead atoms. The first-order valence-electron chi connectivity index (χ1n) is 7.48. The number of rotatable bonds is 4. The Kier molecular flexibility index (Phi) is 5.27. The normalized spacial score (nSPS) is 33.5. The Hall–Kier alpha value is 0.0969. The lowest BCUT2D eigenvalue weighted by Gasteiger charge is -2.48. The van der Waals surface area contributed by atoms with Crippen molar-refractivity contribution in [3.8, 4) is 0 Å². The van der Waals surface area contributed by atoms with Crippen molar-refractivity contribution in [2.45, 2.75) is 83.7 Å². The maximum Gasteiger partial charge on any atom is 0.192 e. The molecular weight excluding hydrogens is 256 g/mol. The minimum absolute atomic E-state index is 0.0953. The van der Waals surface area contributed by atoms with Crippen LogP contribution in [0.2, 0.25) is 18.1 Å². The van der Waals surface area contributed by atoms with Crippen LogP contribution in [0.5, 0.6) is 0 Å². The molecule has 0 heterocycles. The highest BCUT2D eigenvalue weighted by Gasteiger charge is 2.46. The average molecular weight is 289 g/mol. The predicted molar refractivity (Wildman–Crippen MR) is 81.7 cm³/mol. The van der Waals surface area contributed by atoms with Crippen LogP contribution in [0.25, 0.3) is 0 Å². The Balaban J connectivity index is 2.85. The summed E-state index contributed by atoms with van der Waals surface area (Å²) in [6.07, 6.45) is 3.11. The van der Waals surface area contributed by atoms with Crippen molar-refractivity contribution >= 4 is 8.32 Å². The van der Waals surface area contributed by atoms with Crippen molar-refractivity contribution in [1.82, 2.24) is 0 Å². The first-order chi connectivity index (χ1) is 8.52. The zero-order valence-electron chi connectivity index (χ0n) is 13.5. The fraction of sp³-hybridized carbons (Fsp3) is 1.00. The van der Waals surface area contributed by atoms with Gasteiger partial charge in [-0.3, -0.25) is 0 Å². The maximum atomic E-state index is 9.92. The van der Waals surface area contributed by atoms with Gasteiger partial charge in [-0.2, -0.15) is 0 Å². The largest absolute Gasteiger partial charge is 0.413 e. The molecule has 0 aromatic carbocycles. The third-order valence-corrected chi connectivity index (χ3v) is 9.65. The molecule has 1 rings (SSSR count). The summed E-state index contributed by atoms with van der Waals surface area (Å²) in [5.74, 6) is 0. The molecule has 0 aromatic heterocycles. The minimum Gasteiger partial charge on any atom is -0.413 e. The second kappa shape index (κ2) is 5.84. The fourth-order valence-electron chi connectivity index (χ4n) is 2.72. The van der Waals surface area contributed by atoms with Crippen LogP contribution in [0.4, 0.5) is 0 Å². The molecule has 3 nitrogen and oxygen atoms in total. The van der Waals surface area contributed by atoms with Crippen LogP contribution in [0.15, 0.2) is 0 Å². The van der Waals surface area contributed by atoms with Gasteiger partial charge in [-0.1, -0.05) is 27.7 Å². The van der Waals surface area contributed by atoms with Gasteiger partial charge in [0.05, 0.1) is 12.2 Å². The lowest BCUT2D eigenvalue weighted by molar-refractivity contribution is -0.0523. The summed E-state index contributed by atoms with van der Waals surface area (Å²) < 4.78 is 6.58. The van der Waals surface area contributed by atoms with Crippen molar-refractivity contribution < 1.29 is 14.6 Å². The van der Waals surface area contributed by atoms with Crippen molar-refractivity contribution in [3.63, 3.8) is 0 Å². The summed E-state index contributed by atoms with van der Waals surface area (Å²) in [6.45, 7) is 13.6. The first-order valence-corrected chi connectivity index (χ1v) is 10.4. The Labute approximate surface area is 119 Å². The molecule has 1 aliphatic carbocycles. The SMILES string of the molecule is CC(C)(C)[Si](C)(C)O[C@H]1CCC(O)C[C@]1(C)CCO. The fourth-order valence-corrected chi connectivity index (χ4v) is 4.18. The molecule has 0 amide bonds. The van der Waals surface area contributed by atoms with Crippen molar-refractivity contribution in [2.24, 2.45) is 5.41 Å². The second-order valence-electron chi connectivity index (χ2n) is 7.93. The van der Waals surface area contributed by atoms with Crippen LogP contribution in [0.1, 0.15) is 53.4 Å². The highest BCUT2D eigenvalue weighted by atomic mass is 28.4. The van der Waals surface area contributed by atoms with Gasteiger partial charge < -0.3 is 14.6 Å². The standard InChI is InChI=1S/C15H32O3Si/c1-14(2,3)19(5,6)18-13-8-7-12(17)11-15(13,4)9-10-16/h12-13,16-17H,7-11H2,1-6H3/t12?,13-,15-/m0/s1. The van der Waals surface area contributed by atoms with E-state index in [1.807, 2.05) is 0 Å². The Bertz CT molecular complexity index is 298. The molecule has 0 spiro atoms. The van der Waals surface area contributed by atoms with Gasteiger partial charge in [0, 0.05) is 6.61 Å². The molecule has 1 saturated carbocycles. The van der Waals surface area contributed by atoms with Gasteiger partial charge in [-0.05, 0) is 49.2 Å². The van der Waals surface area contributed by atoms with Crippen LogP contribution in [-0.2, 0) is 4.43 Å². The molecule has 1 aliphatic rings. The number of hydrogen-bond acceptors (Lipinski definition) is 3. The number of aliphatic hydroxyl groups excluding tert-OH is 2. The average Bonchev–Trinajstić information content (AvgIpc) is 2.20. The van der Waals surface area contributed by atoms with E-state index in [-0.39, 0.29) is 29.3 Å². The smallest absolute Gasteiger partial charge is 0.192 e. The summed E-state index contributed by atoms with van der Waals surface area (Å²) in [5, 5.41) is 19.4. The van der Waals surface area contributed by atoms with Gasteiger partial charge in [0.15, 0.2) is 8.32 Å². The Morgan fingerprint density at radius 3 is 2.32 bits per heavy atom. The zero-order valence-corrected chi connectivity index (χ0v) is 14.5. The molecule has 114 valence electrons. The second-order valence-corrected chi connectivity index (χ2v) is 12.7. The summed E-state index contributed by atoms with van der Waals surface area (Å²) in [7, 11) is -1.80. The van der Waals surface area contributed by atoms with Gasteiger partial charge in [0.25, 0.3) is 0 Å². The van der Waals surface area contributed by atoms with Crippen LogP contribution >= 0.6 is 0 Å². The lowest BCUT2D eigenvalue weighted by Crippen LogP contribution is -2.51. The van der Waals surface area contributed by atoms with Crippen LogP contribution in [0, 0.1) is 5.41 Å². The van der Waals surface area contributed by atoms with Gasteiger partial charge in [-0.15, -0.1) is 0 Å². The summed E-state index contributed by atoms with van der Waals surface area (Å²) in [6, 6.07) is 0. The van der Waals surface area contributed by atoms with E-state index in [2.05, 4.69) is 40.8 Å². The third kappa shape index (κ3) is 4.03. The molecule has 0 aromatic rings. The Morgan fingerprint density at radius 1 is 1.26 bits per heavy atom. The topological polar surface area (TPSA) is 49.7 Å². The van der Waals surface area contributed by atoms with E-state index in [1.54, 1.807) is 0 Å². The highest BCUT2D eigenvalue weighted by molar-refractivity contribution is 6.74. The molecule has 3 atom stereocenters. The zero-order chi connectivity index (χ0) is 14.9. The van der Waals surface area contributed by atoms with Gasteiger partial charge in [0.1, 0.15) is 0 Å². The monoisotopic (exact) mass is 288 g/mol. The molecule has 0 aliphatic heterocycles. The van der Waals surface area contributed by atoms with Crippen LogP contribution in [0.3, 0.4) is 0 Å². The van der Waals surface area contributed by atoms with Crippen molar-refractivity contribution in [3.05, 3.63) is 0 Å². The van der Waals surface area contributed by atoms with Crippen LogP contribution < -0.4 is 0 Å².